The van der Waals surface area contributed by atoms with E-state index in [1.165, 1.54) is 10.6 Å². The molecule has 9 nitrogen and oxygen atoms in total. The first kappa shape index (κ1) is 24.7. The summed E-state index contributed by atoms with van der Waals surface area (Å²) in [5, 5.41) is 7.55. The summed E-state index contributed by atoms with van der Waals surface area (Å²) in [5.41, 5.74) is 0.407. The van der Waals surface area contributed by atoms with Crippen molar-refractivity contribution >= 4 is 51.6 Å². The molecule has 2 aromatic rings. The maximum Gasteiger partial charge on any atom is 0.220 e. The number of guanidine groups is 1. The number of piperazine rings is 1. The van der Waals surface area contributed by atoms with Crippen molar-refractivity contribution in [2.45, 2.75) is 5.75 Å². The molecule has 12 heteroatoms. The molecule has 30 heavy (non-hydrogen) atoms. The predicted molar refractivity (Wildman–Crippen MR) is 126 cm³/mol. The minimum atomic E-state index is -3.42. The van der Waals surface area contributed by atoms with Gasteiger partial charge in [-0.15, -0.1) is 24.0 Å². The molecule has 1 aliphatic heterocycles. The topological polar surface area (TPSA) is 100 Å². The van der Waals surface area contributed by atoms with Gasteiger partial charge in [-0.25, -0.2) is 8.42 Å². The van der Waals surface area contributed by atoms with Crippen molar-refractivity contribution in [3.8, 4) is 5.75 Å². The van der Waals surface area contributed by atoms with E-state index in [9.17, 15) is 8.42 Å². The molecule has 0 saturated carbocycles. The van der Waals surface area contributed by atoms with E-state index in [-0.39, 0.29) is 29.7 Å². The number of hydrogen-bond acceptors (Lipinski definition) is 6. The smallest absolute Gasteiger partial charge is 0.220 e. The molecule has 0 amide bonds. The standard InChI is InChI=1S/C18H24ClN5O4S.HI/c1-20-18(21-6-12-27-17-4-2-3-15(19)13-17)23-7-9-24(10-8-23)29(25,26)14-16-5-11-28-22-16;/h2-5,11,13H,6-10,12,14H2,1H3,(H,20,21);1H. The Morgan fingerprint density at radius 2 is 2.07 bits per heavy atom. The maximum atomic E-state index is 12.5. The second-order valence-electron chi connectivity index (χ2n) is 6.41. The Kier molecular flexibility index (Phi) is 9.65. The van der Waals surface area contributed by atoms with Crippen LogP contribution in [0.4, 0.5) is 0 Å². The van der Waals surface area contributed by atoms with Crippen molar-refractivity contribution in [3.63, 3.8) is 0 Å². The fraction of sp³-hybridized carbons (Fsp3) is 0.444. The Hall–Kier alpha value is -1.57. The number of rotatable bonds is 7. The van der Waals surface area contributed by atoms with E-state index in [0.29, 0.717) is 61.8 Å². The molecule has 1 aliphatic rings. The van der Waals surface area contributed by atoms with Gasteiger partial charge in [0.25, 0.3) is 0 Å². The summed E-state index contributed by atoms with van der Waals surface area (Å²) in [6, 6.07) is 8.79. The first-order valence-corrected chi connectivity index (χ1v) is 11.2. The molecule has 1 saturated heterocycles. The van der Waals surface area contributed by atoms with Crippen molar-refractivity contribution in [2.24, 2.45) is 4.99 Å². The molecule has 166 valence electrons. The average Bonchev–Trinajstić information content (AvgIpc) is 3.21. The lowest BCUT2D eigenvalue weighted by molar-refractivity contribution is 0.257. The number of nitrogens with zero attached hydrogens (tertiary/aromatic N) is 4. The fourth-order valence-electron chi connectivity index (χ4n) is 2.99. The first-order valence-electron chi connectivity index (χ1n) is 9.19. The monoisotopic (exact) mass is 569 g/mol. The zero-order chi connectivity index (χ0) is 20.7. The second kappa shape index (κ2) is 11.7. The third-order valence-electron chi connectivity index (χ3n) is 4.41. The summed E-state index contributed by atoms with van der Waals surface area (Å²) >= 11 is 5.94. The van der Waals surface area contributed by atoms with Crippen molar-refractivity contribution in [1.82, 2.24) is 19.7 Å². The predicted octanol–water partition coefficient (Wildman–Crippen LogP) is 2.05. The number of nitrogens with one attached hydrogen (secondary N) is 1. The summed E-state index contributed by atoms with van der Waals surface area (Å²) in [7, 11) is -1.72. The van der Waals surface area contributed by atoms with E-state index in [1.54, 1.807) is 25.2 Å². The molecular formula is C18H25ClIN5O4S. The van der Waals surface area contributed by atoms with Crippen LogP contribution in [0.15, 0.2) is 46.1 Å². The van der Waals surface area contributed by atoms with Crippen LogP contribution in [0.25, 0.3) is 0 Å². The molecule has 1 aromatic carbocycles. The third-order valence-corrected chi connectivity index (χ3v) is 6.46. The molecule has 3 rings (SSSR count). The number of benzene rings is 1. The summed E-state index contributed by atoms with van der Waals surface area (Å²) in [6.45, 7) is 2.88. The van der Waals surface area contributed by atoms with Crippen LogP contribution >= 0.6 is 35.6 Å². The number of hydrogen-bond donors (Lipinski definition) is 1. The number of halogens is 2. The average molecular weight is 570 g/mol. The highest BCUT2D eigenvalue weighted by Gasteiger charge is 2.28. The van der Waals surface area contributed by atoms with E-state index in [2.05, 4.69) is 15.5 Å². The van der Waals surface area contributed by atoms with Crippen LogP contribution in [-0.4, -0.2) is 75.1 Å². The lowest BCUT2D eigenvalue weighted by atomic mass is 10.3. The number of aliphatic imine (C=N–C) groups is 1. The highest BCUT2D eigenvalue weighted by atomic mass is 127. The Bertz CT molecular complexity index is 918. The van der Waals surface area contributed by atoms with Crippen LogP contribution < -0.4 is 10.1 Å². The van der Waals surface area contributed by atoms with Gasteiger partial charge in [0.2, 0.25) is 10.0 Å². The molecular weight excluding hydrogens is 545 g/mol. The van der Waals surface area contributed by atoms with Crippen LogP contribution in [0.3, 0.4) is 0 Å². The quantitative estimate of drug-likeness (QED) is 0.236. The Labute approximate surface area is 198 Å². The molecule has 0 atom stereocenters. The molecule has 2 heterocycles. The lowest BCUT2D eigenvalue weighted by Crippen LogP contribution is -2.54. The molecule has 0 radical (unpaired) electrons. The SMILES string of the molecule is CN=C(NCCOc1cccc(Cl)c1)N1CCN(S(=O)(=O)Cc2ccon2)CC1.I. The molecule has 1 fully saturated rings. The van der Waals surface area contributed by atoms with Crippen molar-refractivity contribution in [1.29, 1.82) is 0 Å². The van der Waals surface area contributed by atoms with Crippen LogP contribution in [0.2, 0.25) is 5.02 Å². The van der Waals surface area contributed by atoms with Gasteiger partial charge in [-0.3, -0.25) is 4.99 Å². The van der Waals surface area contributed by atoms with Gasteiger partial charge in [0.15, 0.2) is 5.96 Å². The summed E-state index contributed by atoms with van der Waals surface area (Å²) in [5.74, 6) is 1.27. The minimum Gasteiger partial charge on any atom is -0.492 e. The zero-order valence-electron chi connectivity index (χ0n) is 16.5. The maximum absolute atomic E-state index is 12.5. The largest absolute Gasteiger partial charge is 0.492 e. The Morgan fingerprint density at radius 1 is 1.30 bits per heavy atom. The summed E-state index contributed by atoms with van der Waals surface area (Å²) in [6.07, 6.45) is 1.37. The van der Waals surface area contributed by atoms with E-state index in [0.717, 1.165) is 0 Å². The Morgan fingerprint density at radius 3 is 2.70 bits per heavy atom. The molecule has 0 spiro atoms. The fourth-order valence-corrected chi connectivity index (χ4v) is 4.59. The number of ether oxygens (including phenoxy) is 1. The van der Waals surface area contributed by atoms with Gasteiger partial charge < -0.3 is 19.5 Å². The van der Waals surface area contributed by atoms with E-state index in [4.69, 9.17) is 20.9 Å². The minimum absolute atomic E-state index is 0. The van der Waals surface area contributed by atoms with Crippen LogP contribution in [-0.2, 0) is 15.8 Å². The zero-order valence-corrected chi connectivity index (χ0v) is 20.4. The highest BCUT2D eigenvalue weighted by molar-refractivity contribution is 14.0. The third kappa shape index (κ3) is 7.00. The van der Waals surface area contributed by atoms with Gasteiger partial charge in [0, 0.05) is 44.3 Å². The van der Waals surface area contributed by atoms with Crippen LogP contribution in [0.1, 0.15) is 5.69 Å². The van der Waals surface area contributed by atoms with Crippen molar-refractivity contribution in [3.05, 3.63) is 47.3 Å². The van der Waals surface area contributed by atoms with Gasteiger partial charge in [-0.1, -0.05) is 22.8 Å². The highest BCUT2D eigenvalue weighted by Crippen LogP contribution is 2.17. The summed E-state index contributed by atoms with van der Waals surface area (Å²) < 4.78 is 36.9. The van der Waals surface area contributed by atoms with Gasteiger partial charge in [-0.05, 0) is 18.2 Å². The van der Waals surface area contributed by atoms with Gasteiger partial charge in [-0.2, -0.15) is 4.31 Å². The van der Waals surface area contributed by atoms with Gasteiger partial charge in [0.05, 0.1) is 12.2 Å². The first-order chi connectivity index (χ1) is 14.0. The van der Waals surface area contributed by atoms with Crippen molar-refractivity contribution < 1.29 is 17.7 Å². The number of sulfonamides is 1. The Balaban J connectivity index is 0.00000320. The van der Waals surface area contributed by atoms with Crippen LogP contribution in [0, 0.1) is 0 Å². The molecule has 1 aromatic heterocycles. The molecule has 0 unspecified atom stereocenters. The van der Waals surface area contributed by atoms with Crippen LogP contribution in [0.5, 0.6) is 5.75 Å². The summed E-state index contributed by atoms with van der Waals surface area (Å²) in [4.78, 5) is 6.31. The van der Waals surface area contributed by atoms with E-state index in [1.807, 2.05) is 17.0 Å². The lowest BCUT2D eigenvalue weighted by Gasteiger charge is -2.35. The van der Waals surface area contributed by atoms with Gasteiger partial charge >= 0.3 is 0 Å². The van der Waals surface area contributed by atoms with E-state index < -0.39 is 10.0 Å². The van der Waals surface area contributed by atoms with Crippen molar-refractivity contribution in [2.75, 3.05) is 46.4 Å². The van der Waals surface area contributed by atoms with Gasteiger partial charge in [0.1, 0.15) is 24.4 Å². The second-order valence-corrected chi connectivity index (χ2v) is 8.82. The normalized spacial score (nSPS) is 15.5. The molecule has 0 bridgehead atoms. The number of aromatic nitrogens is 1. The molecule has 0 aliphatic carbocycles. The molecule has 1 N–H and O–H groups in total. The van der Waals surface area contributed by atoms with E-state index >= 15 is 0 Å².